The summed E-state index contributed by atoms with van der Waals surface area (Å²) in [4.78, 5) is 29.9. The van der Waals surface area contributed by atoms with Crippen molar-refractivity contribution in [1.29, 1.82) is 0 Å². The van der Waals surface area contributed by atoms with E-state index in [1.54, 1.807) is 4.57 Å². The lowest BCUT2D eigenvalue weighted by atomic mass is 9.83. The lowest BCUT2D eigenvalue weighted by molar-refractivity contribution is -0.121. The fourth-order valence-corrected chi connectivity index (χ4v) is 5.55. The van der Waals surface area contributed by atoms with Crippen LogP contribution in [0.5, 0.6) is 0 Å². The van der Waals surface area contributed by atoms with E-state index in [-0.39, 0.29) is 34.0 Å². The number of hydrogen-bond acceptors (Lipinski definition) is 4. The standard InChI is InChI=1S/C30H28F3N3O4/c1-40-27(18-10-6-3-7-11-18)28-34-24-15-20(31)21(32)16-25(24)36(28)26(17-8-4-2-5-9-17)29(37)35-23-13-12-19(30(38)39)14-22(23)33/h3,6-7,10-17,26-27H,2,4-5,8-9H2,1H3,(H,35,37)(H,38,39)/t26-,27?/m0/s1. The van der Waals surface area contributed by atoms with Crippen molar-refractivity contribution in [3.8, 4) is 0 Å². The molecule has 7 nitrogen and oxygen atoms in total. The highest BCUT2D eigenvalue weighted by molar-refractivity contribution is 5.96. The lowest BCUT2D eigenvalue weighted by Gasteiger charge is -2.33. The average molecular weight is 552 g/mol. The summed E-state index contributed by atoms with van der Waals surface area (Å²) in [7, 11) is 1.48. The number of aromatic nitrogens is 2. The van der Waals surface area contributed by atoms with Gasteiger partial charge in [-0.15, -0.1) is 0 Å². The van der Waals surface area contributed by atoms with Crippen molar-refractivity contribution in [3.05, 3.63) is 95.1 Å². The van der Waals surface area contributed by atoms with Crippen LogP contribution in [-0.4, -0.2) is 33.6 Å². The van der Waals surface area contributed by atoms with Crippen LogP contribution in [-0.2, 0) is 9.53 Å². The van der Waals surface area contributed by atoms with Crippen molar-refractivity contribution < 1.29 is 32.6 Å². The molecule has 2 N–H and O–H groups in total. The van der Waals surface area contributed by atoms with Crippen LogP contribution in [0.15, 0.2) is 60.7 Å². The first kappa shape index (κ1) is 27.4. The summed E-state index contributed by atoms with van der Waals surface area (Å²) >= 11 is 0. The minimum absolute atomic E-state index is 0.150. The summed E-state index contributed by atoms with van der Waals surface area (Å²) in [6.45, 7) is 0. The second-order valence-electron chi connectivity index (χ2n) is 9.95. The van der Waals surface area contributed by atoms with E-state index in [9.17, 15) is 27.9 Å². The second-order valence-corrected chi connectivity index (χ2v) is 9.95. The Morgan fingerprint density at radius 3 is 2.33 bits per heavy atom. The molecule has 1 saturated carbocycles. The van der Waals surface area contributed by atoms with Gasteiger partial charge in [-0.25, -0.2) is 22.9 Å². The maximum absolute atomic E-state index is 14.8. The molecule has 3 aromatic carbocycles. The average Bonchev–Trinajstić information content (AvgIpc) is 3.28. The molecule has 1 unspecified atom stereocenters. The highest BCUT2D eigenvalue weighted by Crippen LogP contribution is 2.40. The Kier molecular flexibility index (Phi) is 7.88. The van der Waals surface area contributed by atoms with E-state index in [1.165, 1.54) is 19.2 Å². The highest BCUT2D eigenvalue weighted by Gasteiger charge is 2.37. The molecule has 1 aromatic heterocycles. The largest absolute Gasteiger partial charge is 0.478 e. The third-order valence-electron chi connectivity index (χ3n) is 7.45. The molecular formula is C30H28F3N3O4. The smallest absolute Gasteiger partial charge is 0.335 e. The number of imidazole rings is 1. The number of nitrogens with zero attached hydrogens (tertiary/aromatic N) is 2. The summed E-state index contributed by atoms with van der Waals surface area (Å²) < 4.78 is 51.2. The van der Waals surface area contributed by atoms with E-state index in [0.29, 0.717) is 12.8 Å². The van der Waals surface area contributed by atoms with Crippen molar-refractivity contribution in [2.75, 3.05) is 12.4 Å². The summed E-state index contributed by atoms with van der Waals surface area (Å²) in [5.74, 6) is -4.88. The zero-order valence-corrected chi connectivity index (χ0v) is 21.7. The van der Waals surface area contributed by atoms with E-state index in [2.05, 4.69) is 10.3 Å². The second kappa shape index (κ2) is 11.5. The topological polar surface area (TPSA) is 93.5 Å². The quantitative estimate of drug-likeness (QED) is 0.256. The molecular weight excluding hydrogens is 523 g/mol. The van der Waals surface area contributed by atoms with Crippen molar-refractivity contribution >= 4 is 28.6 Å². The number of carboxylic acids is 1. The number of rotatable bonds is 8. The van der Waals surface area contributed by atoms with E-state index >= 15 is 0 Å². The van der Waals surface area contributed by atoms with E-state index in [0.717, 1.165) is 43.0 Å². The van der Waals surface area contributed by atoms with Gasteiger partial charge in [-0.05, 0) is 42.5 Å². The van der Waals surface area contributed by atoms with Gasteiger partial charge in [0.25, 0.3) is 0 Å². The van der Waals surface area contributed by atoms with Crippen molar-refractivity contribution in [3.63, 3.8) is 0 Å². The van der Waals surface area contributed by atoms with Gasteiger partial charge in [-0.2, -0.15) is 0 Å². The molecule has 1 fully saturated rings. The summed E-state index contributed by atoms with van der Waals surface area (Å²) in [6, 6.07) is 13.4. The highest BCUT2D eigenvalue weighted by atomic mass is 19.2. The van der Waals surface area contributed by atoms with Crippen molar-refractivity contribution in [1.82, 2.24) is 9.55 Å². The predicted molar refractivity (Wildman–Crippen MR) is 143 cm³/mol. The summed E-state index contributed by atoms with van der Waals surface area (Å²) in [5.41, 5.74) is 0.633. The molecule has 40 heavy (non-hydrogen) atoms. The number of fused-ring (bicyclic) bond motifs is 1. The maximum atomic E-state index is 14.8. The number of aromatic carboxylic acids is 1. The minimum Gasteiger partial charge on any atom is -0.478 e. The van der Waals surface area contributed by atoms with Crippen LogP contribution in [0.3, 0.4) is 0 Å². The SMILES string of the molecule is COC(c1ccccc1)c1nc2cc(F)c(F)cc2n1[C@H](C(=O)Nc1ccc(C(=O)O)cc1F)C1CCCCC1. The van der Waals surface area contributed by atoms with E-state index < -0.39 is 41.5 Å². The van der Waals surface area contributed by atoms with Crippen LogP contribution in [0.1, 0.15) is 66.0 Å². The van der Waals surface area contributed by atoms with E-state index in [1.807, 2.05) is 30.3 Å². The molecule has 0 radical (unpaired) electrons. The van der Waals surface area contributed by atoms with Gasteiger partial charge in [0.15, 0.2) is 11.6 Å². The number of halogens is 3. The molecule has 10 heteroatoms. The Hall–Kier alpha value is -4.18. The fourth-order valence-electron chi connectivity index (χ4n) is 5.55. The van der Waals surface area contributed by atoms with Gasteiger partial charge in [-0.1, -0.05) is 49.6 Å². The van der Waals surface area contributed by atoms with Crippen molar-refractivity contribution in [2.45, 2.75) is 44.2 Å². The zero-order valence-electron chi connectivity index (χ0n) is 21.7. The molecule has 1 amide bonds. The number of benzene rings is 3. The first-order chi connectivity index (χ1) is 19.3. The van der Waals surface area contributed by atoms with Gasteiger partial charge in [0.1, 0.15) is 23.8 Å². The third-order valence-corrected chi connectivity index (χ3v) is 7.45. The monoisotopic (exact) mass is 551 g/mol. The Labute approximate surface area is 228 Å². The zero-order chi connectivity index (χ0) is 28.4. The number of carboxylic acid groups (broad SMARTS) is 1. The van der Waals surface area contributed by atoms with Crippen LogP contribution in [0.2, 0.25) is 0 Å². The first-order valence-electron chi connectivity index (χ1n) is 13.1. The number of nitrogens with one attached hydrogen (secondary N) is 1. The normalized spacial score (nSPS) is 15.6. The Balaban J connectivity index is 1.68. The van der Waals surface area contributed by atoms with Crippen LogP contribution in [0.4, 0.5) is 18.9 Å². The third kappa shape index (κ3) is 5.31. The number of ether oxygens (including phenoxy) is 1. The number of anilines is 1. The van der Waals surface area contributed by atoms with Gasteiger partial charge in [0.05, 0.1) is 22.3 Å². The molecule has 5 rings (SSSR count). The molecule has 1 aliphatic carbocycles. The molecule has 4 aromatic rings. The van der Waals surface area contributed by atoms with E-state index in [4.69, 9.17) is 4.74 Å². The molecule has 208 valence electrons. The van der Waals surface area contributed by atoms with Crippen LogP contribution in [0.25, 0.3) is 11.0 Å². The molecule has 2 atom stereocenters. The predicted octanol–water partition coefficient (Wildman–Crippen LogP) is 6.65. The Bertz CT molecular complexity index is 1550. The van der Waals surface area contributed by atoms with Gasteiger partial charge in [0, 0.05) is 19.2 Å². The molecule has 1 aliphatic rings. The number of carbonyl (C=O) groups excluding carboxylic acids is 1. The first-order valence-corrected chi connectivity index (χ1v) is 13.1. The minimum atomic E-state index is -1.30. The number of hydrogen-bond donors (Lipinski definition) is 2. The number of methoxy groups -OCH3 is 1. The number of carbonyl (C=O) groups is 2. The molecule has 0 saturated heterocycles. The van der Waals surface area contributed by atoms with Gasteiger partial charge >= 0.3 is 5.97 Å². The lowest BCUT2D eigenvalue weighted by Crippen LogP contribution is -2.35. The van der Waals surface area contributed by atoms with Crippen LogP contribution < -0.4 is 5.32 Å². The molecule has 0 aliphatic heterocycles. The van der Waals surface area contributed by atoms with Crippen LogP contribution >= 0.6 is 0 Å². The Morgan fingerprint density at radius 1 is 0.975 bits per heavy atom. The Morgan fingerprint density at radius 2 is 1.68 bits per heavy atom. The molecule has 1 heterocycles. The van der Waals surface area contributed by atoms with Gasteiger partial charge in [-0.3, -0.25) is 4.79 Å². The van der Waals surface area contributed by atoms with Gasteiger partial charge < -0.3 is 19.7 Å². The summed E-state index contributed by atoms with van der Waals surface area (Å²) in [6.07, 6.45) is 3.33. The maximum Gasteiger partial charge on any atom is 0.335 e. The van der Waals surface area contributed by atoms with Crippen molar-refractivity contribution in [2.24, 2.45) is 5.92 Å². The fraction of sp³-hybridized carbons (Fsp3) is 0.300. The summed E-state index contributed by atoms with van der Waals surface area (Å²) in [5, 5.41) is 11.8. The number of amides is 1. The molecule has 0 bridgehead atoms. The van der Waals surface area contributed by atoms with Gasteiger partial charge in [0.2, 0.25) is 5.91 Å². The van der Waals surface area contributed by atoms with Crippen LogP contribution in [0, 0.1) is 23.4 Å². The molecule has 0 spiro atoms.